The first-order valence-corrected chi connectivity index (χ1v) is 9.44. The van der Waals surface area contributed by atoms with Gasteiger partial charge in [0.1, 0.15) is 19.0 Å². The summed E-state index contributed by atoms with van der Waals surface area (Å²) in [5.74, 6) is 1.50. The highest BCUT2D eigenvalue weighted by atomic mass is 16.5. The van der Waals surface area contributed by atoms with E-state index in [4.69, 9.17) is 19.3 Å². The molecular weight excluding hydrogens is 356 g/mol. The van der Waals surface area contributed by atoms with Crippen LogP contribution >= 0.6 is 0 Å². The Kier molecular flexibility index (Phi) is 7.93. The largest absolute Gasteiger partial charge is 0.490 e. The molecule has 150 valence electrons. The molecular formula is C23H28O5. The van der Waals surface area contributed by atoms with E-state index in [2.05, 4.69) is 26.8 Å². The maximum Gasteiger partial charge on any atom is 0.328 e. The van der Waals surface area contributed by atoms with Gasteiger partial charge in [-0.25, -0.2) is 4.79 Å². The first-order valence-electron chi connectivity index (χ1n) is 9.44. The summed E-state index contributed by atoms with van der Waals surface area (Å²) >= 11 is 0. The van der Waals surface area contributed by atoms with Gasteiger partial charge in [0.05, 0.1) is 6.61 Å². The molecule has 0 amide bonds. The Morgan fingerprint density at radius 3 is 2.43 bits per heavy atom. The van der Waals surface area contributed by atoms with E-state index in [0.717, 1.165) is 17.4 Å². The molecule has 5 heteroatoms. The molecule has 2 rings (SSSR count). The van der Waals surface area contributed by atoms with Crippen LogP contribution in [0, 0.1) is 6.92 Å². The molecule has 0 spiro atoms. The first kappa shape index (κ1) is 21.4. The zero-order valence-electron chi connectivity index (χ0n) is 16.9. The molecule has 0 aliphatic heterocycles. The molecule has 1 N–H and O–H groups in total. The summed E-state index contributed by atoms with van der Waals surface area (Å²) in [6.45, 7) is 9.59. The number of carboxylic acid groups (broad SMARTS) is 1. The molecule has 2 aromatic carbocycles. The highest BCUT2D eigenvalue weighted by Crippen LogP contribution is 2.29. The topological polar surface area (TPSA) is 65.0 Å². The van der Waals surface area contributed by atoms with Crippen LogP contribution in [0.3, 0.4) is 0 Å². The monoisotopic (exact) mass is 384 g/mol. The first-order chi connectivity index (χ1) is 13.4. The second kappa shape index (κ2) is 10.4. The number of aliphatic carboxylic acids is 1. The standard InChI is InChI=1S/C23H28O5/c1-5-26-22-15-18(7-11-23(24)25)6-10-21(22)28-13-12-27-19-8-9-20(16(2)3)17(4)14-19/h6-11,14-16H,5,12-13H2,1-4H3,(H,24,25). The summed E-state index contributed by atoms with van der Waals surface area (Å²) in [6, 6.07) is 11.4. The fourth-order valence-electron chi connectivity index (χ4n) is 2.88. The molecule has 0 aliphatic carbocycles. The highest BCUT2D eigenvalue weighted by molar-refractivity contribution is 5.85. The Morgan fingerprint density at radius 2 is 1.79 bits per heavy atom. The number of hydrogen-bond acceptors (Lipinski definition) is 4. The smallest absolute Gasteiger partial charge is 0.328 e. The van der Waals surface area contributed by atoms with E-state index in [1.165, 1.54) is 17.2 Å². The maximum absolute atomic E-state index is 10.7. The van der Waals surface area contributed by atoms with Gasteiger partial charge in [0, 0.05) is 6.08 Å². The van der Waals surface area contributed by atoms with Crippen LogP contribution in [-0.2, 0) is 4.79 Å². The molecule has 0 unspecified atom stereocenters. The molecule has 0 aromatic heterocycles. The van der Waals surface area contributed by atoms with Gasteiger partial charge in [-0.15, -0.1) is 0 Å². The summed E-state index contributed by atoms with van der Waals surface area (Å²) < 4.78 is 17.2. The van der Waals surface area contributed by atoms with E-state index in [1.807, 2.05) is 19.1 Å². The lowest BCUT2D eigenvalue weighted by atomic mass is 9.98. The quantitative estimate of drug-likeness (QED) is 0.457. The number of hydrogen-bond donors (Lipinski definition) is 1. The fraction of sp³-hybridized carbons (Fsp3) is 0.348. The van der Waals surface area contributed by atoms with E-state index in [1.54, 1.807) is 18.2 Å². The van der Waals surface area contributed by atoms with Gasteiger partial charge in [0.2, 0.25) is 0 Å². The molecule has 28 heavy (non-hydrogen) atoms. The predicted octanol–water partition coefficient (Wildman–Crippen LogP) is 5.07. The van der Waals surface area contributed by atoms with Crippen LogP contribution in [-0.4, -0.2) is 30.9 Å². The van der Waals surface area contributed by atoms with Crippen LogP contribution in [0.25, 0.3) is 6.08 Å². The molecule has 0 saturated heterocycles. The van der Waals surface area contributed by atoms with Gasteiger partial charge in [0.25, 0.3) is 0 Å². The van der Waals surface area contributed by atoms with Crippen molar-refractivity contribution in [2.24, 2.45) is 0 Å². The van der Waals surface area contributed by atoms with Crippen LogP contribution < -0.4 is 14.2 Å². The third-order valence-corrected chi connectivity index (χ3v) is 4.16. The van der Waals surface area contributed by atoms with Gasteiger partial charge in [0.15, 0.2) is 11.5 Å². The van der Waals surface area contributed by atoms with Crippen LogP contribution in [0.2, 0.25) is 0 Å². The second-order valence-corrected chi connectivity index (χ2v) is 6.68. The summed E-state index contributed by atoms with van der Waals surface area (Å²) in [4.78, 5) is 10.7. The van der Waals surface area contributed by atoms with Crippen molar-refractivity contribution < 1.29 is 24.1 Å². The summed E-state index contributed by atoms with van der Waals surface area (Å²) in [5.41, 5.74) is 3.27. The number of carboxylic acids is 1. The van der Waals surface area contributed by atoms with Crippen molar-refractivity contribution in [3.8, 4) is 17.2 Å². The molecule has 0 fully saturated rings. The van der Waals surface area contributed by atoms with Gasteiger partial charge >= 0.3 is 5.97 Å². The molecule has 0 heterocycles. The van der Waals surface area contributed by atoms with Gasteiger partial charge in [-0.2, -0.15) is 0 Å². The zero-order valence-corrected chi connectivity index (χ0v) is 16.9. The summed E-state index contributed by atoms with van der Waals surface area (Å²) in [5, 5.41) is 8.74. The van der Waals surface area contributed by atoms with Gasteiger partial charge in [-0.05, 0) is 66.8 Å². The molecule has 2 aromatic rings. The molecule has 0 aliphatic rings. The van der Waals surface area contributed by atoms with E-state index in [0.29, 0.717) is 37.2 Å². The lowest BCUT2D eigenvalue weighted by Crippen LogP contribution is -2.10. The van der Waals surface area contributed by atoms with Gasteiger partial charge in [-0.1, -0.05) is 26.0 Å². The molecule has 0 radical (unpaired) electrons. The molecule has 0 saturated carbocycles. The van der Waals surface area contributed by atoms with Crippen molar-refractivity contribution in [2.75, 3.05) is 19.8 Å². The average Bonchev–Trinajstić information content (AvgIpc) is 2.64. The minimum absolute atomic E-state index is 0.370. The third-order valence-electron chi connectivity index (χ3n) is 4.16. The SMILES string of the molecule is CCOc1cc(C=CC(=O)O)ccc1OCCOc1ccc(C(C)C)c(C)c1. The minimum Gasteiger partial charge on any atom is -0.490 e. The number of carbonyl (C=O) groups is 1. The number of ether oxygens (including phenoxy) is 3. The van der Waals surface area contributed by atoms with Crippen molar-refractivity contribution in [3.63, 3.8) is 0 Å². The van der Waals surface area contributed by atoms with Crippen LogP contribution in [0.4, 0.5) is 0 Å². The number of aryl methyl sites for hydroxylation is 1. The van der Waals surface area contributed by atoms with E-state index in [9.17, 15) is 4.79 Å². The minimum atomic E-state index is -0.993. The highest BCUT2D eigenvalue weighted by Gasteiger charge is 2.07. The van der Waals surface area contributed by atoms with Crippen LogP contribution in [0.1, 0.15) is 43.4 Å². The van der Waals surface area contributed by atoms with Crippen LogP contribution in [0.15, 0.2) is 42.5 Å². The Bertz CT molecular complexity index is 824. The third kappa shape index (κ3) is 6.34. The molecule has 5 nitrogen and oxygen atoms in total. The maximum atomic E-state index is 10.7. The Hall–Kier alpha value is -2.95. The van der Waals surface area contributed by atoms with E-state index in [-0.39, 0.29) is 0 Å². The Balaban J connectivity index is 1.94. The van der Waals surface area contributed by atoms with Crippen molar-refractivity contribution in [3.05, 3.63) is 59.2 Å². The Labute approximate surface area is 166 Å². The zero-order chi connectivity index (χ0) is 20.5. The number of benzene rings is 2. The van der Waals surface area contributed by atoms with E-state index < -0.39 is 5.97 Å². The molecule has 0 atom stereocenters. The number of rotatable bonds is 10. The Morgan fingerprint density at radius 1 is 1.04 bits per heavy atom. The van der Waals surface area contributed by atoms with Crippen LogP contribution in [0.5, 0.6) is 17.2 Å². The van der Waals surface area contributed by atoms with Crippen molar-refractivity contribution in [2.45, 2.75) is 33.6 Å². The fourth-order valence-corrected chi connectivity index (χ4v) is 2.88. The van der Waals surface area contributed by atoms with Crippen molar-refractivity contribution in [1.82, 2.24) is 0 Å². The lowest BCUT2D eigenvalue weighted by molar-refractivity contribution is -0.131. The van der Waals surface area contributed by atoms with E-state index >= 15 is 0 Å². The predicted molar refractivity (Wildman–Crippen MR) is 111 cm³/mol. The second-order valence-electron chi connectivity index (χ2n) is 6.68. The van der Waals surface area contributed by atoms with Gasteiger partial charge in [-0.3, -0.25) is 0 Å². The lowest BCUT2D eigenvalue weighted by Gasteiger charge is -2.14. The van der Waals surface area contributed by atoms with Gasteiger partial charge < -0.3 is 19.3 Å². The van der Waals surface area contributed by atoms with Crippen molar-refractivity contribution in [1.29, 1.82) is 0 Å². The molecule has 0 bridgehead atoms. The summed E-state index contributed by atoms with van der Waals surface area (Å²) in [6.07, 6.45) is 2.60. The average molecular weight is 384 g/mol. The summed E-state index contributed by atoms with van der Waals surface area (Å²) in [7, 11) is 0. The normalized spacial score (nSPS) is 11.0. The van der Waals surface area contributed by atoms with Crippen molar-refractivity contribution >= 4 is 12.0 Å².